The van der Waals surface area contributed by atoms with Gasteiger partial charge in [-0.3, -0.25) is 14.4 Å². The van der Waals surface area contributed by atoms with Crippen molar-refractivity contribution in [2.45, 2.75) is 84.7 Å². The molecule has 3 heterocycles. The molecule has 0 aromatic carbocycles. The van der Waals surface area contributed by atoms with E-state index in [1.54, 1.807) is 6.92 Å². The van der Waals surface area contributed by atoms with Crippen molar-refractivity contribution < 1.29 is 14.4 Å². The SMILES string of the molecule is CCc1nc(C)sc1C(=O)N[C@@H](CCCCN)c1nc(C)sc1C(=O)N[C@@H](C)c1nc(CCCCN)sc1C(N)=O. The summed E-state index contributed by atoms with van der Waals surface area (Å²) in [5, 5.41) is 8.40. The molecule has 224 valence electrons. The Hall–Kier alpha value is -2.78. The van der Waals surface area contributed by atoms with Gasteiger partial charge in [-0.2, -0.15) is 0 Å². The van der Waals surface area contributed by atoms with Gasteiger partial charge in [0.15, 0.2) is 0 Å². The molecule has 0 unspecified atom stereocenters. The highest BCUT2D eigenvalue weighted by molar-refractivity contribution is 7.14. The number of hydrogen-bond acceptors (Lipinski definition) is 11. The van der Waals surface area contributed by atoms with E-state index in [0.29, 0.717) is 63.4 Å². The highest BCUT2D eigenvalue weighted by Gasteiger charge is 2.29. The Kier molecular flexibility index (Phi) is 12.3. The van der Waals surface area contributed by atoms with Crippen molar-refractivity contribution in [2.24, 2.45) is 17.2 Å². The first-order valence-corrected chi connectivity index (χ1v) is 16.3. The smallest absolute Gasteiger partial charge is 0.263 e. The molecule has 14 heteroatoms. The zero-order valence-corrected chi connectivity index (χ0v) is 26.5. The number of thiazole rings is 3. The molecular formula is C27H40N8O3S3. The van der Waals surface area contributed by atoms with Gasteiger partial charge < -0.3 is 27.8 Å². The summed E-state index contributed by atoms with van der Waals surface area (Å²) in [4.78, 5) is 54.2. The minimum Gasteiger partial charge on any atom is -0.365 e. The van der Waals surface area contributed by atoms with E-state index in [0.717, 1.165) is 41.4 Å². The molecular weight excluding hydrogens is 581 g/mol. The van der Waals surface area contributed by atoms with Crippen LogP contribution in [0.4, 0.5) is 0 Å². The summed E-state index contributed by atoms with van der Waals surface area (Å²) in [6, 6.07) is -1.06. The average molecular weight is 621 g/mol. The molecule has 0 saturated carbocycles. The van der Waals surface area contributed by atoms with E-state index in [4.69, 9.17) is 17.2 Å². The predicted molar refractivity (Wildman–Crippen MR) is 165 cm³/mol. The van der Waals surface area contributed by atoms with E-state index in [1.807, 2.05) is 20.8 Å². The Morgan fingerprint density at radius 3 is 2.10 bits per heavy atom. The van der Waals surface area contributed by atoms with Crippen LogP contribution in [0.1, 0.15) is 119 Å². The highest BCUT2D eigenvalue weighted by Crippen LogP contribution is 2.30. The molecule has 0 saturated heterocycles. The number of carbonyl (C=O) groups is 3. The van der Waals surface area contributed by atoms with E-state index in [-0.39, 0.29) is 11.8 Å². The molecule has 0 aliphatic carbocycles. The number of unbranched alkanes of at least 4 members (excludes halogenated alkanes) is 2. The Morgan fingerprint density at radius 2 is 1.44 bits per heavy atom. The molecule has 41 heavy (non-hydrogen) atoms. The minimum atomic E-state index is -0.578. The lowest BCUT2D eigenvalue weighted by Gasteiger charge is -2.19. The van der Waals surface area contributed by atoms with Gasteiger partial charge in [-0.15, -0.1) is 34.0 Å². The van der Waals surface area contributed by atoms with Crippen molar-refractivity contribution in [3.8, 4) is 0 Å². The summed E-state index contributed by atoms with van der Waals surface area (Å²) in [5.74, 6) is -1.16. The van der Waals surface area contributed by atoms with Crippen LogP contribution in [-0.4, -0.2) is 45.8 Å². The Labute approximate surface area is 252 Å². The summed E-state index contributed by atoms with van der Waals surface area (Å²) >= 11 is 3.87. The van der Waals surface area contributed by atoms with Crippen molar-refractivity contribution in [3.63, 3.8) is 0 Å². The molecule has 0 aliphatic heterocycles. The Balaban J connectivity index is 1.86. The lowest BCUT2D eigenvalue weighted by Crippen LogP contribution is -2.32. The second-order valence-electron chi connectivity index (χ2n) is 9.75. The van der Waals surface area contributed by atoms with Gasteiger partial charge >= 0.3 is 0 Å². The number of rotatable bonds is 16. The number of primary amides is 1. The monoisotopic (exact) mass is 620 g/mol. The third kappa shape index (κ3) is 8.61. The van der Waals surface area contributed by atoms with Crippen molar-refractivity contribution in [1.29, 1.82) is 0 Å². The summed E-state index contributed by atoms with van der Waals surface area (Å²) in [6.45, 7) is 8.55. The molecule has 0 aliphatic rings. The molecule has 3 aromatic heterocycles. The van der Waals surface area contributed by atoms with Crippen LogP contribution in [0.5, 0.6) is 0 Å². The molecule has 11 nitrogen and oxygen atoms in total. The highest BCUT2D eigenvalue weighted by atomic mass is 32.1. The first-order valence-electron chi connectivity index (χ1n) is 13.8. The lowest BCUT2D eigenvalue weighted by molar-refractivity contribution is 0.0918. The number of hydrogen-bond donors (Lipinski definition) is 5. The number of carbonyl (C=O) groups excluding carboxylic acids is 3. The Morgan fingerprint density at radius 1 is 0.805 bits per heavy atom. The zero-order chi connectivity index (χ0) is 30.1. The molecule has 0 fully saturated rings. The standard InChI is InChI=1S/C27H40N8O3S3/c1-5-17-22(39-15(3)32-17)26(37)34-18(10-6-8-12-28)21-24(40-16(4)33-21)27(38)31-14(2)20-23(25(30)36)41-19(35-20)11-7-9-13-29/h14,18H,5-13,28-29H2,1-4H3,(H2,30,36)(H,31,38)(H,34,37)/t14-,18-/m0/s1. The van der Waals surface area contributed by atoms with E-state index < -0.39 is 18.0 Å². The van der Waals surface area contributed by atoms with Crippen molar-refractivity contribution >= 4 is 51.7 Å². The summed E-state index contributed by atoms with van der Waals surface area (Å²) < 4.78 is 0. The van der Waals surface area contributed by atoms with Crippen LogP contribution >= 0.6 is 34.0 Å². The molecule has 3 rings (SSSR count). The third-order valence-electron chi connectivity index (χ3n) is 6.42. The van der Waals surface area contributed by atoms with Crippen molar-refractivity contribution in [1.82, 2.24) is 25.6 Å². The maximum absolute atomic E-state index is 13.6. The summed E-state index contributed by atoms with van der Waals surface area (Å²) in [7, 11) is 0. The number of amides is 3. The molecule has 0 spiro atoms. The van der Waals surface area contributed by atoms with Gasteiger partial charge in [-0.1, -0.05) is 6.92 Å². The largest absolute Gasteiger partial charge is 0.365 e. The van der Waals surface area contributed by atoms with Crippen LogP contribution in [0, 0.1) is 13.8 Å². The lowest BCUT2D eigenvalue weighted by atomic mass is 10.0. The van der Waals surface area contributed by atoms with Crippen LogP contribution in [0.2, 0.25) is 0 Å². The topological polar surface area (TPSA) is 192 Å². The number of nitrogens with zero attached hydrogens (tertiary/aromatic N) is 3. The molecule has 8 N–H and O–H groups in total. The van der Waals surface area contributed by atoms with Crippen molar-refractivity contribution in [2.75, 3.05) is 13.1 Å². The third-order valence-corrected chi connectivity index (χ3v) is 9.56. The molecule has 2 atom stereocenters. The first kappa shape index (κ1) is 32.7. The Bertz CT molecular complexity index is 1350. The van der Waals surface area contributed by atoms with E-state index in [2.05, 4.69) is 25.6 Å². The van der Waals surface area contributed by atoms with Gasteiger partial charge in [0, 0.05) is 0 Å². The van der Waals surface area contributed by atoms with Crippen LogP contribution in [0.25, 0.3) is 0 Å². The van der Waals surface area contributed by atoms with Gasteiger partial charge in [-0.05, 0) is 78.8 Å². The van der Waals surface area contributed by atoms with E-state index >= 15 is 0 Å². The van der Waals surface area contributed by atoms with E-state index in [9.17, 15) is 14.4 Å². The second kappa shape index (κ2) is 15.4. The maximum Gasteiger partial charge on any atom is 0.263 e. The van der Waals surface area contributed by atoms with Gasteiger partial charge in [0.2, 0.25) is 0 Å². The molecule has 0 bridgehead atoms. The normalized spacial score (nSPS) is 12.7. The van der Waals surface area contributed by atoms with Crippen molar-refractivity contribution in [3.05, 3.63) is 46.7 Å². The summed E-state index contributed by atoms with van der Waals surface area (Å²) in [6.07, 6.45) is 5.14. The maximum atomic E-state index is 13.6. The average Bonchev–Trinajstić information content (AvgIpc) is 3.64. The van der Waals surface area contributed by atoms with Crippen LogP contribution in [-0.2, 0) is 12.8 Å². The fourth-order valence-corrected chi connectivity index (χ4v) is 7.28. The van der Waals surface area contributed by atoms with Crippen LogP contribution < -0.4 is 27.8 Å². The van der Waals surface area contributed by atoms with Crippen LogP contribution in [0.3, 0.4) is 0 Å². The van der Waals surface area contributed by atoms with Gasteiger partial charge in [0.05, 0.1) is 44.2 Å². The fraction of sp³-hybridized carbons (Fsp3) is 0.556. The summed E-state index contributed by atoms with van der Waals surface area (Å²) in [5.41, 5.74) is 18.7. The zero-order valence-electron chi connectivity index (χ0n) is 24.0. The number of nitrogens with two attached hydrogens (primary N) is 3. The predicted octanol–water partition coefficient (Wildman–Crippen LogP) is 3.71. The minimum absolute atomic E-state index is 0.230. The number of nitrogens with one attached hydrogen (secondary N) is 2. The number of aryl methyl sites for hydroxylation is 4. The molecule has 3 aromatic rings. The van der Waals surface area contributed by atoms with Gasteiger partial charge in [0.25, 0.3) is 17.7 Å². The fourth-order valence-electron chi connectivity index (χ4n) is 4.43. The first-order chi connectivity index (χ1) is 19.6. The van der Waals surface area contributed by atoms with E-state index in [1.165, 1.54) is 34.0 Å². The second-order valence-corrected chi connectivity index (χ2v) is 13.2. The molecule has 0 radical (unpaired) electrons. The molecule has 3 amide bonds. The van der Waals surface area contributed by atoms with Gasteiger partial charge in [0.1, 0.15) is 14.6 Å². The number of aromatic nitrogens is 3. The quantitative estimate of drug-likeness (QED) is 0.150. The van der Waals surface area contributed by atoms with Crippen LogP contribution in [0.15, 0.2) is 0 Å². The van der Waals surface area contributed by atoms with Gasteiger partial charge in [-0.25, -0.2) is 15.0 Å².